The Hall–Kier alpha value is -6.41. The Labute approximate surface area is 505 Å². The van der Waals surface area contributed by atoms with Crippen molar-refractivity contribution in [2.24, 2.45) is 0 Å². The molecule has 0 spiro atoms. The number of aromatic carboxylic acids is 1. The molecule has 8 heteroatoms. The molecular formula is C76H102O8. The Bertz CT molecular complexity index is 2850. The van der Waals surface area contributed by atoms with Crippen LogP contribution in [0.25, 0.3) is 32.3 Å². The van der Waals surface area contributed by atoms with Crippen molar-refractivity contribution in [1.82, 2.24) is 0 Å². The molecule has 7 rings (SSSR count). The van der Waals surface area contributed by atoms with E-state index in [2.05, 4.69) is 99.6 Å². The van der Waals surface area contributed by atoms with Gasteiger partial charge < -0.3 is 33.5 Å². The SMILES string of the molecule is CCCCCCCCCCCCOc1ccc2cc(COc3cc(C(=O)O)cc(OCc4ccc5cc(OCCCCCCCCCCCC)ccc5c4)c3OCc3ccc4cc(OCCCCCCCCCCCC)ccc4c3)ccc2c1. The summed E-state index contributed by atoms with van der Waals surface area (Å²) in [7, 11) is 0. The molecule has 1 N–H and O–H groups in total. The average molecular weight is 1140 g/mol. The van der Waals surface area contributed by atoms with Crippen molar-refractivity contribution < 1.29 is 38.3 Å². The van der Waals surface area contributed by atoms with Crippen molar-refractivity contribution in [2.75, 3.05) is 19.8 Å². The number of rotatable bonds is 46. The lowest BCUT2D eigenvalue weighted by atomic mass is 10.1. The van der Waals surface area contributed by atoms with Crippen LogP contribution in [0.5, 0.6) is 34.5 Å². The van der Waals surface area contributed by atoms with E-state index in [9.17, 15) is 9.90 Å². The second kappa shape index (κ2) is 38.5. The Morgan fingerprint density at radius 3 is 0.857 bits per heavy atom. The molecule has 0 unspecified atom stereocenters. The summed E-state index contributed by atoms with van der Waals surface area (Å²) in [6.07, 6.45) is 38.9. The number of carboxylic acids is 1. The van der Waals surface area contributed by atoms with E-state index in [1.165, 1.54) is 185 Å². The lowest BCUT2D eigenvalue weighted by Gasteiger charge is -2.19. The van der Waals surface area contributed by atoms with E-state index in [-0.39, 0.29) is 36.9 Å². The molecule has 0 bridgehead atoms. The zero-order valence-electron chi connectivity index (χ0n) is 51.8. The fourth-order valence-corrected chi connectivity index (χ4v) is 11.2. The van der Waals surface area contributed by atoms with Gasteiger partial charge >= 0.3 is 5.97 Å². The molecule has 0 aliphatic rings. The van der Waals surface area contributed by atoms with Crippen molar-refractivity contribution in [1.29, 1.82) is 0 Å². The van der Waals surface area contributed by atoms with Crippen LogP contribution in [0.2, 0.25) is 0 Å². The molecule has 0 aliphatic carbocycles. The smallest absolute Gasteiger partial charge is 0.335 e. The van der Waals surface area contributed by atoms with Crippen LogP contribution in [0, 0.1) is 0 Å². The topological polar surface area (TPSA) is 92.7 Å². The highest BCUT2D eigenvalue weighted by Crippen LogP contribution is 2.41. The number of fused-ring (bicyclic) bond motifs is 3. The van der Waals surface area contributed by atoms with Gasteiger partial charge in [0.1, 0.15) is 37.1 Å². The van der Waals surface area contributed by atoms with Gasteiger partial charge in [0.2, 0.25) is 5.75 Å². The van der Waals surface area contributed by atoms with Gasteiger partial charge in [0.15, 0.2) is 11.5 Å². The third-order valence-corrected chi connectivity index (χ3v) is 16.4. The number of ether oxygens (including phenoxy) is 6. The maximum Gasteiger partial charge on any atom is 0.335 e. The first-order chi connectivity index (χ1) is 41.4. The summed E-state index contributed by atoms with van der Waals surface area (Å²) in [6, 6.07) is 40.6. The number of hydrogen-bond acceptors (Lipinski definition) is 7. The monoisotopic (exact) mass is 1140 g/mol. The van der Waals surface area contributed by atoms with Crippen LogP contribution in [-0.2, 0) is 19.8 Å². The summed E-state index contributed by atoms with van der Waals surface area (Å²) in [5.41, 5.74) is 2.85. The first kappa shape index (κ1) is 65.1. The number of carbonyl (C=O) groups is 1. The van der Waals surface area contributed by atoms with Crippen LogP contribution in [0.15, 0.2) is 121 Å². The van der Waals surface area contributed by atoms with Gasteiger partial charge in [-0.15, -0.1) is 0 Å². The molecule has 0 amide bonds. The zero-order chi connectivity index (χ0) is 58.7. The van der Waals surface area contributed by atoms with E-state index >= 15 is 0 Å². The van der Waals surface area contributed by atoms with Crippen LogP contribution in [0.3, 0.4) is 0 Å². The first-order valence-electron chi connectivity index (χ1n) is 33.1. The highest BCUT2D eigenvalue weighted by molar-refractivity contribution is 5.90. The van der Waals surface area contributed by atoms with E-state index in [0.29, 0.717) is 19.0 Å². The van der Waals surface area contributed by atoms with Crippen molar-refractivity contribution >= 4 is 38.3 Å². The molecule has 0 heterocycles. The van der Waals surface area contributed by atoms with Gasteiger partial charge in [0.05, 0.1) is 25.4 Å². The number of hydrogen-bond donors (Lipinski definition) is 1. The molecule has 84 heavy (non-hydrogen) atoms. The predicted molar refractivity (Wildman–Crippen MR) is 350 cm³/mol. The van der Waals surface area contributed by atoms with Crippen LogP contribution >= 0.6 is 0 Å². The molecular weight excluding hydrogens is 1040 g/mol. The average Bonchev–Trinajstić information content (AvgIpc) is 3.08. The molecule has 8 nitrogen and oxygen atoms in total. The van der Waals surface area contributed by atoms with E-state index < -0.39 is 5.97 Å². The Balaban J connectivity index is 0.984. The molecule has 0 atom stereocenters. The lowest BCUT2D eigenvalue weighted by molar-refractivity contribution is 0.0695. The van der Waals surface area contributed by atoms with E-state index in [1.807, 2.05) is 30.3 Å². The second-order valence-electron chi connectivity index (χ2n) is 23.6. The van der Waals surface area contributed by atoms with Gasteiger partial charge in [-0.3, -0.25) is 0 Å². The van der Waals surface area contributed by atoms with E-state index in [0.717, 1.165) is 92.1 Å². The highest BCUT2D eigenvalue weighted by Gasteiger charge is 2.20. The Morgan fingerprint density at radius 2 is 0.560 bits per heavy atom. The summed E-state index contributed by atoms with van der Waals surface area (Å²) in [4.78, 5) is 12.8. The van der Waals surface area contributed by atoms with Gasteiger partial charge in [-0.25, -0.2) is 4.79 Å². The van der Waals surface area contributed by atoms with Crippen LogP contribution in [0.1, 0.15) is 240 Å². The first-order valence-corrected chi connectivity index (χ1v) is 33.1. The van der Waals surface area contributed by atoms with Gasteiger partial charge in [-0.2, -0.15) is 0 Å². The molecule has 454 valence electrons. The summed E-state index contributed by atoms with van der Waals surface area (Å²) >= 11 is 0. The summed E-state index contributed by atoms with van der Waals surface area (Å²) in [5.74, 6) is 2.45. The number of carboxylic acid groups (broad SMARTS) is 1. The molecule has 0 aliphatic heterocycles. The van der Waals surface area contributed by atoms with Crippen LogP contribution in [0.4, 0.5) is 0 Å². The minimum Gasteiger partial charge on any atom is -0.494 e. The lowest BCUT2D eigenvalue weighted by Crippen LogP contribution is -2.07. The molecule has 0 radical (unpaired) electrons. The normalized spacial score (nSPS) is 11.4. The summed E-state index contributed by atoms with van der Waals surface area (Å²) < 4.78 is 38.4. The Morgan fingerprint density at radius 1 is 0.298 bits per heavy atom. The van der Waals surface area contributed by atoms with Gasteiger partial charge in [-0.05, 0) is 135 Å². The van der Waals surface area contributed by atoms with E-state index in [4.69, 9.17) is 28.4 Å². The molecule has 0 saturated heterocycles. The van der Waals surface area contributed by atoms with Gasteiger partial charge in [0, 0.05) is 0 Å². The van der Waals surface area contributed by atoms with Crippen molar-refractivity contribution in [3.05, 3.63) is 144 Å². The maximum atomic E-state index is 12.8. The minimum atomic E-state index is -1.09. The second-order valence-corrected chi connectivity index (χ2v) is 23.6. The minimum absolute atomic E-state index is 0.0388. The third-order valence-electron chi connectivity index (χ3n) is 16.4. The largest absolute Gasteiger partial charge is 0.494 e. The van der Waals surface area contributed by atoms with Crippen LogP contribution in [-0.4, -0.2) is 30.9 Å². The van der Waals surface area contributed by atoms with Crippen molar-refractivity contribution in [2.45, 2.75) is 233 Å². The fourth-order valence-electron chi connectivity index (χ4n) is 11.2. The van der Waals surface area contributed by atoms with Gasteiger partial charge in [0.25, 0.3) is 0 Å². The number of unbranched alkanes of at least 4 members (excludes halogenated alkanes) is 27. The molecule has 0 saturated carbocycles. The predicted octanol–water partition coefficient (Wildman–Crippen LogP) is 22.5. The molecule has 0 aromatic heterocycles. The fraction of sp³-hybridized carbons (Fsp3) is 0.513. The quantitative estimate of drug-likeness (QED) is 0.0377. The van der Waals surface area contributed by atoms with Crippen molar-refractivity contribution in [3.63, 3.8) is 0 Å². The highest BCUT2D eigenvalue weighted by atomic mass is 16.5. The van der Waals surface area contributed by atoms with Gasteiger partial charge in [-0.1, -0.05) is 249 Å². The molecule has 7 aromatic carbocycles. The van der Waals surface area contributed by atoms with E-state index in [1.54, 1.807) is 0 Å². The summed E-state index contributed by atoms with van der Waals surface area (Å²) in [6.45, 7) is 9.53. The standard InChI is InChI=1S/C76H102O8/c1-4-7-10-13-16-19-22-25-28-31-46-79-70-43-40-63-49-60(34-37-66(63)52-70)57-82-73-55-69(76(77)78)56-74(83-58-61-35-38-67-53-71(44-41-64(67)50-61)80-47-32-29-26-23-20-17-14-11-8-5-2)75(73)84-59-62-36-39-68-54-72(45-42-65(68)51-62)81-48-33-30-27-24-21-18-15-12-9-6-3/h34-45,49-56H,4-33,46-48,57-59H2,1-3H3,(H,77,78). The molecule has 7 aromatic rings. The Kier molecular flexibility index (Phi) is 29.9. The van der Waals surface area contributed by atoms with Crippen molar-refractivity contribution in [3.8, 4) is 34.5 Å². The zero-order valence-corrected chi connectivity index (χ0v) is 51.8. The summed E-state index contributed by atoms with van der Waals surface area (Å²) in [5, 5.41) is 16.9. The molecule has 0 fully saturated rings. The maximum absolute atomic E-state index is 12.8. The third kappa shape index (κ3) is 23.6. The number of benzene rings is 7. The van der Waals surface area contributed by atoms with Crippen LogP contribution < -0.4 is 28.4 Å².